The molecule has 96 valence electrons. The maximum absolute atomic E-state index is 5.54. The lowest BCUT2D eigenvalue weighted by Crippen LogP contribution is -2.18. The van der Waals surface area contributed by atoms with Crippen molar-refractivity contribution in [3.8, 4) is 0 Å². The number of hydrogen-bond donors (Lipinski definition) is 1. The maximum atomic E-state index is 5.54. The predicted molar refractivity (Wildman–Crippen MR) is 66.7 cm³/mol. The predicted octanol–water partition coefficient (Wildman–Crippen LogP) is 2.11. The zero-order valence-electron chi connectivity index (χ0n) is 10.3. The van der Waals surface area contributed by atoms with Gasteiger partial charge >= 0.3 is 0 Å². The highest BCUT2D eigenvalue weighted by atomic mass is 16.5. The van der Waals surface area contributed by atoms with Gasteiger partial charge in [0.05, 0.1) is 6.54 Å². The summed E-state index contributed by atoms with van der Waals surface area (Å²) >= 11 is 0. The molecule has 2 aromatic heterocycles. The van der Waals surface area contributed by atoms with Crippen molar-refractivity contribution in [2.75, 3.05) is 0 Å². The summed E-state index contributed by atoms with van der Waals surface area (Å²) in [5, 5.41) is 3.91. The molecule has 0 aliphatic heterocycles. The number of nitrogens with zero attached hydrogens (tertiary/aromatic N) is 3. The third-order valence-corrected chi connectivity index (χ3v) is 3.71. The Bertz CT molecular complexity index is 485. The standard InChI is InChI=1S/C13H18N4O/c14-9-11-15-13(18-16-11)12(10-5-1-2-6-10)17-7-3-4-8-17/h3-4,7-8,10,12H,1-2,5-6,9,14H2/t12-/m0/s1. The molecular formula is C13H18N4O. The molecule has 0 spiro atoms. The largest absolute Gasteiger partial charge is 0.342 e. The van der Waals surface area contributed by atoms with E-state index in [4.69, 9.17) is 10.3 Å². The van der Waals surface area contributed by atoms with Crippen LogP contribution in [0, 0.1) is 5.92 Å². The highest BCUT2D eigenvalue weighted by Gasteiger charge is 2.31. The van der Waals surface area contributed by atoms with Crippen molar-refractivity contribution in [1.29, 1.82) is 0 Å². The Labute approximate surface area is 106 Å². The third kappa shape index (κ3) is 2.06. The van der Waals surface area contributed by atoms with Crippen LogP contribution in [0.25, 0.3) is 0 Å². The van der Waals surface area contributed by atoms with Gasteiger partial charge in [-0.3, -0.25) is 0 Å². The first-order valence-corrected chi connectivity index (χ1v) is 6.53. The quantitative estimate of drug-likeness (QED) is 0.897. The van der Waals surface area contributed by atoms with E-state index in [2.05, 4.69) is 27.1 Å². The average Bonchev–Trinajstić information content (AvgIpc) is 3.13. The summed E-state index contributed by atoms with van der Waals surface area (Å²) in [5.74, 6) is 1.86. The van der Waals surface area contributed by atoms with Gasteiger partial charge in [-0.15, -0.1) is 0 Å². The smallest absolute Gasteiger partial charge is 0.250 e. The number of aromatic nitrogens is 3. The lowest BCUT2D eigenvalue weighted by atomic mass is 9.98. The van der Waals surface area contributed by atoms with Crippen molar-refractivity contribution in [3.05, 3.63) is 36.2 Å². The van der Waals surface area contributed by atoms with E-state index in [1.807, 2.05) is 12.1 Å². The summed E-state index contributed by atoms with van der Waals surface area (Å²) in [6, 6.07) is 4.22. The third-order valence-electron chi connectivity index (χ3n) is 3.71. The van der Waals surface area contributed by atoms with E-state index in [0.717, 1.165) is 0 Å². The van der Waals surface area contributed by atoms with Crippen LogP contribution in [-0.2, 0) is 6.54 Å². The van der Waals surface area contributed by atoms with Crippen LogP contribution in [0.15, 0.2) is 29.0 Å². The molecule has 2 aromatic rings. The molecule has 1 atom stereocenters. The molecule has 1 fully saturated rings. The Balaban J connectivity index is 1.93. The number of hydrogen-bond acceptors (Lipinski definition) is 4. The van der Waals surface area contributed by atoms with Gasteiger partial charge in [-0.1, -0.05) is 18.0 Å². The minimum atomic E-state index is 0.162. The van der Waals surface area contributed by atoms with E-state index in [0.29, 0.717) is 24.2 Å². The van der Waals surface area contributed by atoms with Crippen LogP contribution in [0.3, 0.4) is 0 Å². The summed E-state index contributed by atoms with van der Waals surface area (Å²) in [7, 11) is 0. The van der Waals surface area contributed by atoms with Gasteiger partial charge in [0.25, 0.3) is 0 Å². The lowest BCUT2D eigenvalue weighted by Gasteiger charge is -2.21. The van der Waals surface area contributed by atoms with Crippen molar-refractivity contribution in [2.45, 2.75) is 38.3 Å². The van der Waals surface area contributed by atoms with Gasteiger partial charge in [0.15, 0.2) is 5.82 Å². The molecule has 1 aliphatic rings. The molecule has 0 saturated heterocycles. The summed E-state index contributed by atoms with van der Waals surface area (Å²) in [6.45, 7) is 0.326. The molecule has 0 unspecified atom stereocenters. The van der Waals surface area contributed by atoms with E-state index >= 15 is 0 Å². The molecule has 5 nitrogen and oxygen atoms in total. The average molecular weight is 246 g/mol. The number of nitrogens with two attached hydrogens (primary N) is 1. The van der Waals surface area contributed by atoms with E-state index in [1.54, 1.807) is 0 Å². The zero-order valence-corrected chi connectivity index (χ0v) is 10.3. The minimum Gasteiger partial charge on any atom is -0.342 e. The van der Waals surface area contributed by atoms with Crippen LogP contribution >= 0.6 is 0 Å². The van der Waals surface area contributed by atoms with Gasteiger partial charge < -0.3 is 14.8 Å². The fourth-order valence-corrected chi connectivity index (χ4v) is 2.85. The Kier molecular flexibility index (Phi) is 3.15. The van der Waals surface area contributed by atoms with Crippen molar-refractivity contribution in [1.82, 2.24) is 14.7 Å². The van der Waals surface area contributed by atoms with Crippen molar-refractivity contribution >= 4 is 0 Å². The van der Waals surface area contributed by atoms with Gasteiger partial charge in [-0.2, -0.15) is 4.98 Å². The van der Waals surface area contributed by atoms with Crippen LogP contribution in [0.4, 0.5) is 0 Å². The molecule has 1 aliphatic carbocycles. The first-order chi connectivity index (χ1) is 8.88. The molecule has 5 heteroatoms. The molecule has 0 amide bonds. The van der Waals surface area contributed by atoms with Crippen LogP contribution < -0.4 is 5.73 Å². The molecule has 3 rings (SSSR count). The molecule has 0 bridgehead atoms. The Morgan fingerprint density at radius 1 is 1.33 bits per heavy atom. The van der Waals surface area contributed by atoms with Crippen molar-refractivity contribution in [3.63, 3.8) is 0 Å². The lowest BCUT2D eigenvalue weighted by molar-refractivity contribution is 0.278. The van der Waals surface area contributed by atoms with E-state index < -0.39 is 0 Å². The van der Waals surface area contributed by atoms with Gasteiger partial charge in [0.2, 0.25) is 5.89 Å². The van der Waals surface area contributed by atoms with Crippen molar-refractivity contribution in [2.24, 2.45) is 11.7 Å². The minimum absolute atomic E-state index is 0.162. The molecule has 18 heavy (non-hydrogen) atoms. The first kappa shape index (κ1) is 11.5. The summed E-state index contributed by atoms with van der Waals surface area (Å²) in [4.78, 5) is 4.41. The van der Waals surface area contributed by atoms with Crippen LogP contribution in [0.1, 0.15) is 43.4 Å². The van der Waals surface area contributed by atoms with E-state index in [1.165, 1.54) is 25.7 Å². The molecule has 2 N–H and O–H groups in total. The highest BCUT2D eigenvalue weighted by Crippen LogP contribution is 2.37. The highest BCUT2D eigenvalue weighted by molar-refractivity contribution is 5.04. The molecule has 0 radical (unpaired) electrons. The van der Waals surface area contributed by atoms with Crippen LogP contribution in [0.2, 0.25) is 0 Å². The van der Waals surface area contributed by atoms with E-state index in [-0.39, 0.29) is 6.04 Å². The normalized spacial score (nSPS) is 18.3. The monoisotopic (exact) mass is 246 g/mol. The van der Waals surface area contributed by atoms with Gasteiger partial charge in [-0.25, -0.2) is 0 Å². The number of rotatable bonds is 4. The second kappa shape index (κ2) is 4.94. The molecular weight excluding hydrogens is 228 g/mol. The Hall–Kier alpha value is -1.62. The Morgan fingerprint density at radius 3 is 2.67 bits per heavy atom. The second-order valence-corrected chi connectivity index (χ2v) is 4.87. The van der Waals surface area contributed by atoms with Gasteiger partial charge in [0.1, 0.15) is 6.04 Å². The fraction of sp³-hybridized carbons (Fsp3) is 0.538. The van der Waals surface area contributed by atoms with E-state index in [9.17, 15) is 0 Å². The molecule has 1 saturated carbocycles. The molecule has 2 heterocycles. The zero-order chi connectivity index (χ0) is 12.4. The SMILES string of the molecule is NCc1noc([C@H](C2CCCC2)n2cccc2)n1. The summed E-state index contributed by atoms with van der Waals surface area (Å²) in [5.41, 5.74) is 5.54. The second-order valence-electron chi connectivity index (χ2n) is 4.87. The van der Waals surface area contributed by atoms with Gasteiger partial charge in [-0.05, 0) is 30.9 Å². The fourth-order valence-electron chi connectivity index (χ4n) is 2.85. The van der Waals surface area contributed by atoms with Gasteiger partial charge in [0, 0.05) is 12.4 Å². The summed E-state index contributed by atoms with van der Waals surface area (Å²) in [6.07, 6.45) is 9.16. The maximum Gasteiger partial charge on any atom is 0.250 e. The van der Waals surface area contributed by atoms with Crippen LogP contribution in [0.5, 0.6) is 0 Å². The molecule has 0 aromatic carbocycles. The topological polar surface area (TPSA) is 69.9 Å². The van der Waals surface area contributed by atoms with Crippen LogP contribution in [-0.4, -0.2) is 14.7 Å². The summed E-state index contributed by atoms with van der Waals surface area (Å²) < 4.78 is 7.56. The van der Waals surface area contributed by atoms with Crippen molar-refractivity contribution < 1.29 is 4.52 Å². The Morgan fingerprint density at radius 2 is 2.06 bits per heavy atom. The first-order valence-electron chi connectivity index (χ1n) is 6.53.